The van der Waals surface area contributed by atoms with Gasteiger partial charge in [-0.2, -0.15) is 0 Å². The fourth-order valence-electron chi connectivity index (χ4n) is 5.23. The Balaban J connectivity index is 2.32. The summed E-state index contributed by atoms with van der Waals surface area (Å²) in [6.07, 6.45) is 0. The Morgan fingerprint density at radius 2 is 0.923 bits per heavy atom. The van der Waals surface area contributed by atoms with E-state index in [1.165, 1.54) is 27.8 Å². The molecule has 1 unspecified atom stereocenters. The first kappa shape index (κ1) is 31.4. The number of hydrogen-bond donors (Lipinski definition) is 1. The van der Waals surface area contributed by atoms with Crippen molar-refractivity contribution in [2.75, 3.05) is 0 Å². The summed E-state index contributed by atoms with van der Waals surface area (Å²) in [5.74, 6) is 0.819. The maximum Gasteiger partial charge on any atom is 0.262 e. The van der Waals surface area contributed by atoms with Crippen LogP contribution in [0.5, 0.6) is 5.75 Å². The summed E-state index contributed by atoms with van der Waals surface area (Å²) < 4.78 is 6.73. The lowest BCUT2D eigenvalue weighted by Crippen LogP contribution is -2.23. The van der Waals surface area contributed by atoms with Crippen LogP contribution < -0.4 is 9.83 Å². The molecule has 0 bridgehead atoms. The molecule has 0 heterocycles. The molecule has 0 spiro atoms. The molecule has 3 aromatic carbocycles. The fourth-order valence-corrected chi connectivity index (χ4v) is 6.31. The van der Waals surface area contributed by atoms with E-state index in [2.05, 4.69) is 133 Å². The van der Waals surface area contributed by atoms with Crippen LogP contribution in [0.25, 0.3) is 11.1 Å². The predicted molar refractivity (Wildman–Crippen MR) is 172 cm³/mol. The summed E-state index contributed by atoms with van der Waals surface area (Å²) in [5, 5.41) is 0.854. The molecule has 0 saturated carbocycles. The number of hydrogen-bond acceptors (Lipinski definition) is 2. The van der Waals surface area contributed by atoms with Gasteiger partial charge < -0.3 is 9.42 Å². The largest absolute Gasteiger partial charge is 0.443 e. The number of benzene rings is 3. The standard InChI is InChI=1S/C36H51O2P/c1-23-19-26(33(3,4)5)31(27(20-23)34(6,7)8)25-17-15-16-18-30(25)39(37)38-32-28(35(9,10)11)21-24(2)22-29(32)36(12,13)14/h15-22,37H,1-14H3. The third-order valence-corrected chi connectivity index (χ3v) is 8.46. The summed E-state index contributed by atoms with van der Waals surface area (Å²) in [5.41, 5.74) is 9.21. The molecule has 3 aromatic rings. The van der Waals surface area contributed by atoms with Crippen LogP contribution in [0.2, 0.25) is 0 Å². The summed E-state index contributed by atoms with van der Waals surface area (Å²) in [7, 11) is -1.94. The fraction of sp³-hybridized carbons (Fsp3) is 0.500. The van der Waals surface area contributed by atoms with Crippen LogP contribution >= 0.6 is 8.38 Å². The quantitative estimate of drug-likeness (QED) is 0.330. The second-order valence-electron chi connectivity index (χ2n) is 15.3. The van der Waals surface area contributed by atoms with E-state index in [0.29, 0.717) is 0 Å². The maximum absolute atomic E-state index is 12.0. The molecule has 0 aliphatic heterocycles. The zero-order valence-electron chi connectivity index (χ0n) is 26.9. The molecular weight excluding hydrogens is 495 g/mol. The molecule has 1 atom stereocenters. The average molecular weight is 547 g/mol. The smallest absolute Gasteiger partial charge is 0.262 e. The van der Waals surface area contributed by atoms with Crippen molar-refractivity contribution < 1.29 is 9.42 Å². The molecule has 1 N–H and O–H groups in total. The third kappa shape index (κ3) is 6.96. The van der Waals surface area contributed by atoms with Crippen LogP contribution in [0, 0.1) is 13.8 Å². The highest BCUT2D eigenvalue weighted by Gasteiger charge is 2.32. The van der Waals surface area contributed by atoms with E-state index in [4.69, 9.17) is 4.52 Å². The number of aryl methyl sites for hydroxylation is 2. The van der Waals surface area contributed by atoms with Crippen molar-refractivity contribution in [2.24, 2.45) is 0 Å². The molecule has 0 aliphatic rings. The highest BCUT2D eigenvalue weighted by molar-refractivity contribution is 7.55. The van der Waals surface area contributed by atoms with Crippen molar-refractivity contribution in [3.63, 3.8) is 0 Å². The molecule has 0 saturated heterocycles. The van der Waals surface area contributed by atoms with E-state index in [9.17, 15) is 4.89 Å². The minimum atomic E-state index is -1.94. The molecule has 0 radical (unpaired) electrons. The first-order valence-corrected chi connectivity index (χ1v) is 15.4. The van der Waals surface area contributed by atoms with Gasteiger partial charge in [-0.15, -0.1) is 0 Å². The Hall–Kier alpha value is -2.15. The first-order chi connectivity index (χ1) is 17.6. The molecule has 39 heavy (non-hydrogen) atoms. The lowest BCUT2D eigenvalue weighted by atomic mass is 9.73. The van der Waals surface area contributed by atoms with Crippen molar-refractivity contribution in [1.29, 1.82) is 0 Å². The lowest BCUT2D eigenvalue weighted by molar-refractivity contribution is 0.459. The highest BCUT2D eigenvalue weighted by atomic mass is 31.2. The Kier molecular flexibility index (Phi) is 8.59. The van der Waals surface area contributed by atoms with Gasteiger partial charge in [0.1, 0.15) is 5.75 Å². The van der Waals surface area contributed by atoms with Gasteiger partial charge in [-0.3, -0.25) is 0 Å². The normalized spacial score (nSPS) is 13.9. The van der Waals surface area contributed by atoms with Crippen molar-refractivity contribution in [3.8, 4) is 16.9 Å². The molecule has 0 aliphatic carbocycles. The molecular formula is C36H51O2P. The van der Waals surface area contributed by atoms with Crippen LogP contribution in [0.3, 0.4) is 0 Å². The number of rotatable bonds is 4. The lowest BCUT2D eigenvalue weighted by Gasteiger charge is -2.33. The predicted octanol–water partition coefficient (Wildman–Crippen LogP) is 10.2. The minimum absolute atomic E-state index is 0.0662. The van der Waals surface area contributed by atoms with Gasteiger partial charge in [0.2, 0.25) is 0 Å². The van der Waals surface area contributed by atoms with Gasteiger partial charge in [0.15, 0.2) is 0 Å². The Morgan fingerprint density at radius 3 is 1.31 bits per heavy atom. The van der Waals surface area contributed by atoms with Gasteiger partial charge in [0.25, 0.3) is 8.38 Å². The Labute approximate surface area is 240 Å². The van der Waals surface area contributed by atoms with E-state index < -0.39 is 8.38 Å². The van der Waals surface area contributed by atoms with E-state index in [1.54, 1.807) is 0 Å². The first-order valence-electron chi connectivity index (χ1n) is 14.2. The van der Waals surface area contributed by atoms with Gasteiger partial charge >= 0.3 is 0 Å². The monoisotopic (exact) mass is 546 g/mol. The highest BCUT2D eigenvalue weighted by Crippen LogP contribution is 2.48. The average Bonchev–Trinajstić information content (AvgIpc) is 2.76. The van der Waals surface area contributed by atoms with Crippen LogP contribution in [-0.4, -0.2) is 4.89 Å². The van der Waals surface area contributed by atoms with Gasteiger partial charge in [-0.05, 0) is 63.8 Å². The second kappa shape index (κ2) is 10.7. The molecule has 3 rings (SSSR count). The second-order valence-corrected chi connectivity index (χ2v) is 16.5. The summed E-state index contributed by atoms with van der Waals surface area (Å²) in [6.45, 7) is 31.3. The van der Waals surface area contributed by atoms with Crippen molar-refractivity contribution in [3.05, 3.63) is 81.9 Å². The van der Waals surface area contributed by atoms with Crippen LogP contribution in [0.4, 0.5) is 0 Å². The Bertz CT molecular complexity index is 1270. The third-order valence-electron chi connectivity index (χ3n) is 7.31. The molecule has 3 heteroatoms. The van der Waals surface area contributed by atoms with E-state index in [1.807, 2.05) is 12.1 Å². The SMILES string of the molecule is Cc1cc(C(C)(C)C)c(OP(O)c2ccccc2-c2c(C(C)(C)C)cc(C)cc2C(C)(C)C)c(C(C)(C)C)c1. The molecule has 0 amide bonds. The molecule has 212 valence electrons. The van der Waals surface area contributed by atoms with Gasteiger partial charge in [0, 0.05) is 16.4 Å². The van der Waals surface area contributed by atoms with Gasteiger partial charge in [-0.25, -0.2) is 0 Å². The Morgan fingerprint density at radius 1 is 0.564 bits per heavy atom. The maximum atomic E-state index is 12.0. The molecule has 0 aromatic heterocycles. The molecule has 2 nitrogen and oxygen atoms in total. The van der Waals surface area contributed by atoms with Crippen molar-refractivity contribution in [1.82, 2.24) is 0 Å². The zero-order valence-corrected chi connectivity index (χ0v) is 27.8. The van der Waals surface area contributed by atoms with Crippen LogP contribution in [0.1, 0.15) is 116 Å². The van der Waals surface area contributed by atoms with E-state index >= 15 is 0 Å². The summed E-state index contributed by atoms with van der Waals surface area (Å²) >= 11 is 0. The van der Waals surface area contributed by atoms with Crippen molar-refractivity contribution >= 4 is 13.7 Å². The molecule has 0 fully saturated rings. The van der Waals surface area contributed by atoms with Gasteiger partial charge in [0.05, 0.1) is 0 Å². The van der Waals surface area contributed by atoms with Gasteiger partial charge in [-0.1, -0.05) is 137 Å². The minimum Gasteiger partial charge on any atom is -0.443 e. The topological polar surface area (TPSA) is 29.5 Å². The van der Waals surface area contributed by atoms with Crippen molar-refractivity contribution in [2.45, 2.75) is 119 Å². The van der Waals surface area contributed by atoms with E-state index in [0.717, 1.165) is 27.7 Å². The van der Waals surface area contributed by atoms with Crippen LogP contribution in [-0.2, 0) is 21.7 Å². The summed E-state index contributed by atoms with van der Waals surface area (Å²) in [6, 6.07) is 17.4. The summed E-state index contributed by atoms with van der Waals surface area (Å²) in [4.78, 5) is 12.0. The van der Waals surface area contributed by atoms with Crippen LogP contribution in [0.15, 0.2) is 48.5 Å². The van der Waals surface area contributed by atoms with E-state index in [-0.39, 0.29) is 21.7 Å². The zero-order chi connectivity index (χ0) is 29.7.